The van der Waals surface area contributed by atoms with Gasteiger partial charge in [0.25, 0.3) is 0 Å². The van der Waals surface area contributed by atoms with Crippen LogP contribution in [0.4, 0.5) is 0 Å². The highest BCUT2D eigenvalue weighted by molar-refractivity contribution is 7.85. The third kappa shape index (κ3) is 2.81. The Labute approximate surface area is 122 Å². The lowest BCUT2D eigenvalue weighted by Gasteiger charge is -2.22. The Morgan fingerprint density at radius 3 is 2.80 bits per heavy atom. The molecule has 2 aromatic rings. The fourth-order valence-corrected chi connectivity index (χ4v) is 4.17. The largest absolute Gasteiger partial charge is 0.461 e. The van der Waals surface area contributed by atoms with Crippen molar-refractivity contribution in [2.75, 3.05) is 11.5 Å². The standard InChI is InChI=1S/C16H21NO2S/c1-2-15-14(13-5-3-4-6-16(13)19-15)11-17-12-7-9-20(18)10-8-12/h3-6,12,17H,2,7-11H2,1H3. The highest BCUT2D eigenvalue weighted by atomic mass is 32.2. The summed E-state index contributed by atoms with van der Waals surface area (Å²) in [4.78, 5) is 0. The minimum absolute atomic E-state index is 0.492. The first-order valence-electron chi connectivity index (χ1n) is 7.35. The van der Waals surface area contributed by atoms with Crippen molar-refractivity contribution in [2.24, 2.45) is 0 Å². The third-order valence-electron chi connectivity index (χ3n) is 4.06. The van der Waals surface area contributed by atoms with Crippen molar-refractivity contribution in [3.05, 3.63) is 35.6 Å². The highest BCUT2D eigenvalue weighted by Gasteiger charge is 2.19. The summed E-state index contributed by atoms with van der Waals surface area (Å²) in [6, 6.07) is 8.72. The van der Waals surface area contributed by atoms with Gasteiger partial charge >= 0.3 is 0 Å². The Morgan fingerprint density at radius 1 is 1.30 bits per heavy atom. The Hall–Kier alpha value is -1.13. The van der Waals surface area contributed by atoms with Crippen LogP contribution in [0.2, 0.25) is 0 Å². The maximum Gasteiger partial charge on any atom is 0.134 e. The van der Waals surface area contributed by atoms with Gasteiger partial charge in [0.05, 0.1) is 0 Å². The number of para-hydroxylation sites is 1. The molecule has 0 bridgehead atoms. The number of aryl methyl sites for hydroxylation is 1. The van der Waals surface area contributed by atoms with E-state index in [1.54, 1.807) is 0 Å². The van der Waals surface area contributed by atoms with Crippen molar-refractivity contribution in [3.63, 3.8) is 0 Å². The molecule has 4 heteroatoms. The van der Waals surface area contributed by atoms with E-state index in [2.05, 4.69) is 24.4 Å². The minimum Gasteiger partial charge on any atom is -0.461 e. The fraction of sp³-hybridized carbons (Fsp3) is 0.500. The zero-order valence-electron chi connectivity index (χ0n) is 11.9. The molecule has 2 heterocycles. The van der Waals surface area contributed by atoms with Crippen molar-refractivity contribution < 1.29 is 8.63 Å². The van der Waals surface area contributed by atoms with E-state index < -0.39 is 10.8 Å². The van der Waals surface area contributed by atoms with E-state index in [9.17, 15) is 4.21 Å². The SMILES string of the molecule is CCc1oc2ccccc2c1CNC1CCS(=O)CC1. The van der Waals surface area contributed by atoms with Crippen LogP contribution in [-0.4, -0.2) is 21.8 Å². The molecule has 1 saturated heterocycles. The molecule has 0 radical (unpaired) electrons. The summed E-state index contributed by atoms with van der Waals surface area (Å²) in [5, 5.41) is 4.84. The maximum absolute atomic E-state index is 11.4. The first kappa shape index (κ1) is 13.8. The molecule has 0 amide bonds. The van der Waals surface area contributed by atoms with E-state index in [1.165, 1.54) is 10.9 Å². The van der Waals surface area contributed by atoms with Gasteiger partial charge in [0.1, 0.15) is 11.3 Å². The molecule has 1 aromatic carbocycles. The molecule has 0 saturated carbocycles. The van der Waals surface area contributed by atoms with E-state index in [0.717, 1.165) is 48.7 Å². The van der Waals surface area contributed by atoms with Gasteiger partial charge in [-0.15, -0.1) is 0 Å². The van der Waals surface area contributed by atoms with Crippen molar-refractivity contribution >= 4 is 21.8 Å². The molecular formula is C16H21NO2S. The number of nitrogens with one attached hydrogen (secondary N) is 1. The van der Waals surface area contributed by atoms with E-state index in [0.29, 0.717) is 6.04 Å². The molecule has 1 aliphatic heterocycles. The molecule has 1 fully saturated rings. The van der Waals surface area contributed by atoms with Gasteiger partial charge in [-0.1, -0.05) is 25.1 Å². The molecule has 20 heavy (non-hydrogen) atoms. The van der Waals surface area contributed by atoms with Crippen LogP contribution in [0, 0.1) is 0 Å². The lowest BCUT2D eigenvalue weighted by Crippen LogP contribution is -2.35. The maximum atomic E-state index is 11.4. The van der Waals surface area contributed by atoms with Crippen LogP contribution >= 0.6 is 0 Å². The minimum atomic E-state index is -0.588. The Balaban J connectivity index is 1.75. The topological polar surface area (TPSA) is 42.2 Å². The van der Waals surface area contributed by atoms with Crippen LogP contribution in [0.25, 0.3) is 11.0 Å². The zero-order chi connectivity index (χ0) is 13.9. The van der Waals surface area contributed by atoms with Gasteiger partial charge in [-0.3, -0.25) is 4.21 Å². The van der Waals surface area contributed by atoms with Crippen LogP contribution < -0.4 is 5.32 Å². The second kappa shape index (κ2) is 6.10. The van der Waals surface area contributed by atoms with Crippen molar-refractivity contribution in [3.8, 4) is 0 Å². The van der Waals surface area contributed by atoms with Crippen molar-refractivity contribution in [2.45, 2.75) is 38.8 Å². The second-order valence-electron chi connectivity index (χ2n) is 5.36. The van der Waals surface area contributed by atoms with Crippen LogP contribution in [-0.2, 0) is 23.8 Å². The van der Waals surface area contributed by atoms with E-state index >= 15 is 0 Å². The van der Waals surface area contributed by atoms with E-state index in [4.69, 9.17) is 4.42 Å². The summed E-state index contributed by atoms with van der Waals surface area (Å²) in [5.74, 6) is 2.76. The predicted molar refractivity (Wildman–Crippen MR) is 83.3 cm³/mol. The number of hydrogen-bond acceptors (Lipinski definition) is 3. The predicted octanol–water partition coefficient (Wildman–Crippen LogP) is 3.00. The highest BCUT2D eigenvalue weighted by Crippen LogP contribution is 2.26. The summed E-state index contributed by atoms with van der Waals surface area (Å²) in [6.07, 6.45) is 2.95. The van der Waals surface area contributed by atoms with Gasteiger partial charge in [-0.05, 0) is 18.9 Å². The normalized spacial score (nSPS) is 23.2. The smallest absolute Gasteiger partial charge is 0.134 e. The summed E-state index contributed by atoms with van der Waals surface area (Å²) in [7, 11) is -0.588. The quantitative estimate of drug-likeness (QED) is 0.941. The van der Waals surface area contributed by atoms with Crippen LogP contribution in [0.5, 0.6) is 0 Å². The average molecular weight is 291 g/mol. The Kier molecular flexibility index (Phi) is 4.22. The molecule has 0 aliphatic carbocycles. The molecule has 0 unspecified atom stereocenters. The molecule has 0 spiro atoms. The number of fused-ring (bicyclic) bond motifs is 1. The fourth-order valence-electron chi connectivity index (χ4n) is 2.87. The van der Waals surface area contributed by atoms with Crippen LogP contribution in [0.1, 0.15) is 31.1 Å². The first-order valence-corrected chi connectivity index (χ1v) is 8.84. The molecule has 0 atom stereocenters. The molecule has 3 nitrogen and oxygen atoms in total. The summed E-state index contributed by atoms with van der Waals surface area (Å²) in [5.41, 5.74) is 2.26. The van der Waals surface area contributed by atoms with Gasteiger partial charge in [-0.2, -0.15) is 0 Å². The lowest BCUT2D eigenvalue weighted by molar-refractivity contribution is 0.469. The summed E-state index contributed by atoms with van der Waals surface area (Å²) in [6.45, 7) is 2.97. The van der Waals surface area contributed by atoms with Crippen molar-refractivity contribution in [1.29, 1.82) is 0 Å². The molecule has 108 valence electrons. The number of hydrogen-bond donors (Lipinski definition) is 1. The zero-order valence-corrected chi connectivity index (χ0v) is 12.7. The molecule has 1 aromatic heterocycles. The Bertz CT molecular complexity index is 610. The lowest BCUT2D eigenvalue weighted by atomic mass is 10.1. The van der Waals surface area contributed by atoms with Crippen LogP contribution in [0.15, 0.2) is 28.7 Å². The van der Waals surface area contributed by atoms with E-state index in [-0.39, 0.29) is 0 Å². The van der Waals surface area contributed by atoms with Gasteiger partial charge in [0, 0.05) is 52.3 Å². The second-order valence-corrected chi connectivity index (χ2v) is 7.05. The molecule has 1 aliphatic rings. The first-order chi connectivity index (χ1) is 9.78. The van der Waals surface area contributed by atoms with E-state index in [1.807, 2.05) is 12.1 Å². The molecular weight excluding hydrogens is 270 g/mol. The molecule has 3 rings (SSSR count). The average Bonchev–Trinajstić information content (AvgIpc) is 2.84. The van der Waals surface area contributed by atoms with Gasteiger partial charge in [0.2, 0.25) is 0 Å². The number of benzene rings is 1. The van der Waals surface area contributed by atoms with Gasteiger partial charge in [0.15, 0.2) is 0 Å². The van der Waals surface area contributed by atoms with Gasteiger partial charge in [-0.25, -0.2) is 0 Å². The Morgan fingerprint density at radius 2 is 2.05 bits per heavy atom. The number of furan rings is 1. The summed E-state index contributed by atoms with van der Waals surface area (Å²) < 4.78 is 17.3. The van der Waals surface area contributed by atoms with Gasteiger partial charge < -0.3 is 9.73 Å². The number of rotatable bonds is 4. The third-order valence-corrected chi connectivity index (χ3v) is 5.44. The van der Waals surface area contributed by atoms with Crippen LogP contribution in [0.3, 0.4) is 0 Å². The molecule has 1 N–H and O–H groups in total. The van der Waals surface area contributed by atoms with Crippen molar-refractivity contribution in [1.82, 2.24) is 5.32 Å². The monoisotopic (exact) mass is 291 g/mol. The summed E-state index contributed by atoms with van der Waals surface area (Å²) >= 11 is 0.